The molecule has 2 heterocycles. The number of nitrogens with one attached hydrogen (secondary N) is 2. The number of anilines is 2. The van der Waals surface area contributed by atoms with Crippen molar-refractivity contribution in [1.82, 2.24) is 0 Å². The van der Waals surface area contributed by atoms with E-state index in [4.69, 9.17) is 0 Å². The molecular formula is C22H20N2O3S. The van der Waals surface area contributed by atoms with Crippen LogP contribution in [0.5, 0.6) is 5.75 Å². The van der Waals surface area contributed by atoms with Crippen LogP contribution in [-0.2, 0) is 4.79 Å². The van der Waals surface area contributed by atoms with E-state index >= 15 is 0 Å². The van der Waals surface area contributed by atoms with E-state index in [1.807, 2.05) is 44.2 Å². The molecule has 0 bridgehead atoms. The fraction of sp³-hybridized carbons (Fsp3) is 0.182. The van der Waals surface area contributed by atoms with E-state index in [0.717, 1.165) is 27.9 Å². The molecule has 0 fully saturated rings. The molecule has 4 rings (SSSR count). The first-order valence-electron chi connectivity index (χ1n) is 9.02. The second-order valence-electron chi connectivity index (χ2n) is 7.02. The van der Waals surface area contributed by atoms with Crippen LogP contribution in [0, 0.1) is 13.8 Å². The molecule has 0 saturated heterocycles. The molecule has 1 unspecified atom stereocenters. The molecule has 1 aromatic heterocycles. The third-order valence-corrected chi connectivity index (χ3v) is 6.16. The van der Waals surface area contributed by atoms with Gasteiger partial charge in [-0.3, -0.25) is 9.59 Å². The molecule has 6 heteroatoms. The lowest BCUT2D eigenvalue weighted by Gasteiger charge is -2.24. The van der Waals surface area contributed by atoms with Crippen LogP contribution in [0.25, 0.3) is 0 Å². The van der Waals surface area contributed by atoms with Crippen molar-refractivity contribution in [2.45, 2.75) is 26.2 Å². The van der Waals surface area contributed by atoms with Crippen molar-refractivity contribution in [3.8, 4) is 5.75 Å². The summed E-state index contributed by atoms with van der Waals surface area (Å²) in [6.07, 6.45) is 0.285. The van der Waals surface area contributed by atoms with Crippen LogP contribution in [0.4, 0.5) is 10.7 Å². The third-order valence-electron chi connectivity index (χ3n) is 4.94. The lowest BCUT2D eigenvalue weighted by atomic mass is 9.85. The molecule has 2 aromatic carbocycles. The zero-order valence-corrected chi connectivity index (χ0v) is 16.4. The van der Waals surface area contributed by atoms with Gasteiger partial charge < -0.3 is 15.7 Å². The van der Waals surface area contributed by atoms with Crippen molar-refractivity contribution in [3.63, 3.8) is 0 Å². The first-order valence-corrected chi connectivity index (χ1v) is 9.84. The Labute approximate surface area is 167 Å². The van der Waals surface area contributed by atoms with Crippen LogP contribution in [0.2, 0.25) is 0 Å². The first-order chi connectivity index (χ1) is 13.4. The lowest BCUT2D eigenvalue weighted by molar-refractivity contribution is -0.116. The van der Waals surface area contributed by atoms with E-state index < -0.39 is 0 Å². The van der Waals surface area contributed by atoms with Crippen molar-refractivity contribution in [2.24, 2.45) is 0 Å². The predicted molar refractivity (Wildman–Crippen MR) is 111 cm³/mol. The predicted octanol–water partition coefficient (Wildman–Crippen LogP) is 4.80. The second-order valence-corrected chi connectivity index (χ2v) is 8.04. The zero-order chi connectivity index (χ0) is 19.8. The Morgan fingerprint density at radius 3 is 2.71 bits per heavy atom. The molecular weight excluding hydrogens is 372 g/mol. The summed E-state index contributed by atoms with van der Waals surface area (Å²) >= 11 is 1.29. The van der Waals surface area contributed by atoms with E-state index in [0.29, 0.717) is 9.88 Å². The minimum atomic E-state index is -0.189. The van der Waals surface area contributed by atoms with Gasteiger partial charge in [0, 0.05) is 18.0 Å². The van der Waals surface area contributed by atoms with Gasteiger partial charge in [0.25, 0.3) is 5.91 Å². The van der Waals surface area contributed by atoms with Gasteiger partial charge >= 0.3 is 0 Å². The van der Waals surface area contributed by atoms with E-state index in [2.05, 4.69) is 10.6 Å². The number of carbonyl (C=O) groups is 2. The number of phenols is 1. The summed E-state index contributed by atoms with van der Waals surface area (Å²) in [7, 11) is 0. The van der Waals surface area contributed by atoms with E-state index in [-0.39, 0.29) is 29.9 Å². The topological polar surface area (TPSA) is 78.4 Å². The standard InChI is InChI=1S/C22H20N2O3S/c1-12-5-3-7-15(9-12)23-21(27)20-13(2)19-17(11-18(26)24-22(19)28-20)14-6-4-8-16(25)10-14/h3-10,17,25H,11H2,1-2H3,(H,23,27)(H,24,26). The van der Waals surface area contributed by atoms with Crippen LogP contribution < -0.4 is 10.6 Å². The van der Waals surface area contributed by atoms with Crippen molar-refractivity contribution < 1.29 is 14.7 Å². The minimum Gasteiger partial charge on any atom is -0.508 e. The van der Waals surface area contributed by atoms with E-state index in [9.17, 15) is 14.7 Å². The van der Waals surface area contributed by atoms with Crippen LogP contribution in [0.15, 0.2) is 48.5 Å². The summed E-state index contributed by atoms with van der Waals surface area (Å²) < 4.78 is 0. The maximum absolute atomic E-state index is 12.9. The van der Waals surface area contributed by atoms with Gasteiger partial charge in [-0.25, -0.2) is 0 Å². The molecule has 142 valence electrons. The monoisotopic (exact) mass is 392 g/mol. The maximum Gasteiger partial charge on any atom is 0.266 e. The molecule has 2 amide bonds. The van der Waals surface area contributed by atoms with Crippen LogP contribution >= 0.6 is 11.3 Å². The lowest BCUT2D eigenvalue weighted by Crippen LogP contribution is -2.22. The fourth-order valence-corrected chi connectivity index (χ4v) is 4.84. The highest BCUT2D eigenvalue weighted by Crippen LogP contribution is 2.45. The van der Waals surface area contributed by atoms with Crippen molar-refractivity contribution in [2.75, 3.05) is 10.6 Å². The average molecular weight is 392 g/mol. The molecule has 1 aliphatic rings. The van der Waals surface area contributed by atoms with Gasteiger partial charge in [0.15, 0.2) is 0 Å². The van der Waals surface area contributed by atoms with E-state index in [1.165, 1.54) is 11.3 Å². The highest BCUT2D eigenvalue weighted by atomic mass is 32.1. The Morgan fingerprint density at radius 2 is 1.96 bits per heavy atom. The Bertz CT molecular complexity index is 1090. The number of rotatable bonds is 3. The van der Waals surface area contributed by atoms with Gasteiger partial charge in [0.2, 0.25) is 5.91 Å². The average Bonchev–Trinajstić information content (AvgIpc) is 2.97. The number of aromatic hydroxyl groups is 1. The molecule has 1 aliphatic heterocycles. The summed E-state index contributed by atoms with van der Waals surface area (Å²) in [5, 5.41) is 16.4. The van der Waals surface area contributed by atoms with E-state index in [1.54, 1.807) is 18.2 Å². The second kappa shape index (κ2) is 7.13. The van der Waals surface area contributed by atoms with Crippen LogP contribution in [0.1, 0.15) is 44.3 Å². The maximum atomic E-state index is 12.9. The van der Waals surface area contributed by atoms with Gasteiger partial charge in [-0.15, -0.1) is 11.3 Å². The fourth-order valence-electron chi connectivity index (χ4n) is 3.66. The molecule has 0 saturated carbocycles. The summed E-state index contributed by atoms with van der Waals surface area (Å²) in [5.74, 6) is -0.304. The highest BCUT2D eigenvalue weighted by molar-refractivity contribution is 7.18. The Hall–Kier alpha value is -3.12. The number of carbonyl (C=O) groups excluding carboxylic acids is 2. The van der Waals surface area contributed by atoms with Gasteiger partial charge in [-0.1, -0.05) is 24.3 Å². The van der Waals surface area contributed by atoms with Crippen molar-refractivity contribution in [3.05, 3.63) is 75.7 Å². The molecule has 0 spiro atoms. The number of benzene rings is 2. The first kappa shape index (κ1) is 18.3. The normalized spacial score (nSPS) is 15.6. The van der Waals surface area contributed by atoms with Gasteiger partial charge in [-0.05, 0) is 60.4 Å². The van der Waals surface area contributed by atoms with Crippen molar-refractivity contribution in [1.29, 1.82) is 0 Å². The highest BCUT2D eigenvalue weighted by Gasteiger charge is 2.33. The van der Waals surface area contributed by atoms with Crippen molar-refractivity contribution >= 4 is 33.8 Å². The third kappa shape index (κ3) is 3.39. The SMILES string of the molecule is Cc1cccc(NC(=O)c2sc3c(c2C)C(c2cccc(O)c2)CC(=O)N3)c1. The van der Waals surface area contributed by atoms with Crippen LogP contribution in [0.3, 0.4) is 0 Å². The molecule has 28 heavy (non-hydrogen) atoms. The number of fused-ring (bicyclic) bond motifs is 1. The Kier molecular flexibility index (Phi) is 4.65. The number of hydrogen-bond acceptors (Lipinski definition) is 4. The molecule has 0 radical (unpaired) electrons. The molecule has 0 aliphatic carbocycles. The molecule has 5 nitrogen and oxygen atoms in total. The summed E-state index contributed by atoms with van der Waals surface area (Å²) in [6, 6.07) is 14.6. The smallest absolute Gasteiger partial charge is 0.266 e. The number of aryl methyl sites for hydroxylation is 1. The molecule has 3 N–H and O–H groups in total. The summed E-state index contributed by atoms with van der Waals surface area (Å²) in [5.41, 5.74) is 4.48. The molecule has 1 atom stereocenters. The zero-order valence-electron chi connectivity index (χ0n) is 15.6. The Balaban J connectivity index is 1.72. The van der Waals surface area contributed by atoms with Gasteiger partial charge in [0.05, 0.1) is 9.88 Å². The number of phenolic OH excluding ortho intramolecular Hbond substituents is 1. The summed E-state index contributed by atoms with van der Waals surface area (Å²) in [4.78, 5) is 25.7. The number of hydrogen-bond donors (Lipinski definition) is 3. The van der Waals surface area contributed by atoms with Crippen LogP contribution in [-0.4, -0.2) is 16.9 Å². The molecule has 3 aromatic rings. The Morgan fingerprint density at radius 1 is 1.18 bits per heavy atom. The number of thiophene rings is 1. The minimum absolute atomic E-state index is 0.0901. The summed E-state index contributed by atoms with van der Waals surface area (Å²) in [6.45, 7) is 3.88. The van der Waals surface area contributed by atoms with Gasteiger partial charge in [-0.2, -0.15) is 0 Å². The largest absolute Gasteiger partial charge is 0.508 e. The number of amides is 2. The van der Waals surface area contributed by atoms with Gasteiger partial charge in [0.1, 0.15) is 5.75 Å². The quantitative estimate of drug-likeness (QED) is 0.599.